The van der Waals surface area contributed by atoms with Crippen molar-refractivity contribution in [2.45, 2.75) is 20.8 Å². The summed E-state index contributed by atoms with van der Waals surface area (Å²) in [6, 6.07) is 0. The van der Waals surface area contributed by atoms with Gasteiger partial charge in [0.05, 0.1) is 5.41 Å². The van der Waals surface area contributed by atoms with Crippen LogP contribution >= 0.6 is 0 Å². The van der Waals surface area contributed by atoms with Gasteiger partial charge in [-0.25, -0.2) is 4.79 Å². The lowest BCUT2D eigenvalue weighted by Crippen LogP contribution is -2.36. The third-order valence-electron chi connectivity index (χ3n) is 1.50. The van der Waals surface area contributed by atoms with Gasteiger partial charge in [0.15, 0.2) is 0 Å². The van der Waals surface area contributed by atoms with E-state index < -0.39 is 5.41 Å². The van der Waals surface area contributed by atoms with E-state index in [-0.39, 0.29) is 18.4 Å². The second kappa shape index (κ2) is 4.95. The first-order valence-corrected chi connectivity index (χ1v) is 4.39. The molecule has 0 bridgehead atoms. The van der Waals surface area contributed by atoms with Crippen LogP contribution in [-0.2, 0) is 14.4 Å². The highest BCUT2D eigenvalue weighted by Crippen LogP contribution is 2.13. The Hall–Kier alpha value is -1.10. The fraction of sp³-hybridized carbons (Fsp3) is 0.778. The SMILES string of the molecule is CN(C)C(=O)CNOC(=O)C(C)(C)C. The number of likely N-dealkylation sites (N-methyl/N-ethyl adjacent to an activating group) is 1. The van der Waals surface area contributed by atoms with Crippen LogP contribution in [0, 0.1) is 5.41 Å². The molecule has 0 spiro atoms. The number of carbonyl (C=O) groups is 2. The summed E-state index contributed by atoms with van der Waals surface area (Å²) >= 11 is 0. The molecule has 0 rings (SSSR count). The predicted octanol–water partition coefficient (Wildman–Crippen LogP) is 0.168. The van der Waals surface area contributed by atoms with E-state index in [0.29, 0.717) is 0 Å². The van der Waals surface area contributed by atoms with Crippen LogP contribution in [0.15, 0.2) is 0 Å². The number of nitrogens with one attached hydrogen (secondary N) is 1. The molecule has 82 valence electrons. The zero-order chi connectivity index (χ0) is 11.4. The molecule has 5 nitrogen and oxygen atoms in total. The van der Waals surface area contributed by atoms with Gasteiger partial charge in [0.1, 0.15) is 6.54 Å². The van der Waals surface area contributed by atoms with Gasteiger partial charge in [-0.05, 0) is 20.8 Å². The topological polar surface area (TPSA) is 58.6 Å². The van der Waals surface area contributed by atoms with E-state index in [1.54, 1.807) is 34.9 Å². The maximum atomic E-state index is 11.2. The average Bonchev–Trinajstić information content (AvgIpc) is 2.01. The molecule has 0 radical (unpaired) electrons. The van der Waals surface area contributed by atoms with E-state index >= 15 is 0 Å². The van der Waals surface area contributed by atoms with Crippen LogP contribution in [-0.4, -0.2) is 37.4 Å². The number of hydrogen-bond donors (Lipinski definition) is 1. The first-order chi connectivity index (χ1) is 6.25. The molecule has 1 amide bonds. The van der Waals surface area contributed by atoms with Crippen LogP contribution in [0.4, 0.5) is 0 Å². The monoisotopic (exact) mass is 202 g/mol. The van der Waals surface area contributed by atoms with Crippen molar-refractivity contribution in [2.24, 2.45) is 5.41 Å². The van der Waals surface area contributed by atoms with E-state index in [1.807, 2.05) is 0 Å². The smallest absolute Gasteiger partial charge is 0.329 e. The van der Waals surface area contributed by atoms with E-state index in [2.05, 4.69) is 5.48 Å². The van der Waals surface area contributed by atoms with Crippen molar-refractivity contribution >= 4 is 11.9 Å². The Morgan fingerprint density at radius 3 is 2.14 bits per heavy atom. The largest absolute Gasteiger partial charge is 0.370 e. The lowest BCUT2D eigenvalue weighted by molar-refractivity contribution is -0.161. The zero-order valence-electron chi connectivity index (χ0n) is 9.38. The predicted molar refractivity (Wildman–Crippen MR) is 52.2 cm³/mol. The van der Waals surface area contributed by atoms with Gasteiger partial charge < -0.3 is 9.74 Å². The second-order valence-electron chi connectivity index (χ2n) is 4.25. The van der Waals surface area contributed by atoms with Crippen LogP contribution in [0.1, 0.15) is 20.8 Å². The average molecular weight is 202 g/mol. The summed E-state index contributed by atoms with van der Waals surface area (Å²) in [6.45, 7) is 5.22. The third-order valence-corrected chi connectivity index (χ3v) is 1.50. The van der Waals surface area contributed by atoms with Gasteiger partial charge in [-0.2, -0.15) is 0 Å². The van der Waals surface area contributed by atoms with E-state index in [4.69, 9.17) is 4.84 Å². The summed E-state index contributed by atoms with van der Waals surface area (Å²) in [5.41, 5.74) is 1.77. The molecule has 0 aromatic rings. The van der Waals surface area contributed by atoms with E-state index in [0.717, 1.165) is 0 Å². The van der Waals surface area contributed by atoms with Crippen LogP contribution in [0.5, 0.6) is 0 Å². The summed E-state index contributed by atoms with van der Waals surface area (Å²) < 4.78 is 0. The standard InChI is InChI=1S/C9H18N2O3/c1-9(2,3)8(13)14-10-6-7(12)11(4)5/h10H,6H2,1-5H3. The Bertz CT molecular complexity index is 219. The van der Waals surface area contributed by atoms with Gasteiger partial charge in [0.2, 0.25) is 5.91 Å². The van der Waals surface area contributed by atoms with Crippen molar-refractivity contribution in [1.29, 1.82) is 0 Å². The molecule has 0 aliphatic rings. The Labute approximate surface area is 84.4 Å². The summed E-state index contributed by atoms with van der Waals surface area (Å²) in [5, 5.41) is 0. The number of carbonyl (C=O) groups excluding carboxylic acids is 2. The summed E-state index contributed by atoms with van der Waals surface area (Å²) in [6.07, 6.45) is 0. The number of hydrogen-bond acceptors (Lipinski definition) is 4. The van der Waals surface area contributed by atoms with Crippen molar-refractivity contribution in [2.75, 3.05) is 20.6 Å². The van der Waals surface area contributed by atoms with Crippen LogP contribution in [0.2, 0.25) is 0 Å². The van der Waals surface area contributed by atoms with E-state index in [1.165, 1.54) is 4.90 Å². The molecule has 14 heavy (non-hydrogen) atoms. The normalized spacial score (nSPS) is 10.9. The van der Waals surface area contributed by atoms with Gasteiger partial charge in [-0.1, -0.05) is 0 Å². The van der Waals surface area contributed by atoms with Crippen LogP contribution < -0.4 is 5.48 Å². The van der Waals surface area contributed by atoms with Gasteiger partial charge in [0.25, 0.3) is 0 Å². The molecule has 1 N–H and O–H groups in total. The molecule has 0 unspecified atom stereocenters. The first kappa shape index (κ1) is 12.9. The van der Waals surface area contributed by atoms with Gasteiger partial charge in [-0.15, -0.1) is 5.48 Å². The Morgan fingerprint density at radius 1 is 1.29 bits per heavy atom. The van der Waals surface area contributed by atoms with Crippen molar-refractivity contribution in [3.05, 3.63) is 0 Å². The van der Waals surface area contributed by atoms with Gasteiger partial charge in [-0.3, -0.25) is 4.79 Å². The molecule has 0 aromatic heterocycles. The molecule has 0 aromatic carbocycles. The molecule has 0 saturated heterocycles. The number of hydroxylamine groups is 1. The minimum absolute atomic E-state index is 0.00514. The Kier molecular flexibility index (Phi) is 4.56. The highest BCUT2D eigenvalue weighted by atomic mass is 16.7. The van der Waals surface area contributed by atoms with Crippen molar-refractivity contribution < 1.29 is 14.4 Å². The van der Waals surface area contributed by atoms with Gasteiger partial charge >= 0.3 is 5.97 Å². The van der Waals surface area contributed by atoms with Crippen molar-refractivity contribution in [1.82, 2.24) is 10.4 Å². The number of nitrogens with zero attached hydrogens (tertiary/aromatic N) is 1. The molecule has 0 atom stereocenters. The minimum Gasteiger partial charge on any atom is -0.370 e. The fourth-order valence-electron chi connectivity index (χ4n) is 0.475. The summed E-state index contributed by atoms with van der Waals surface area (Å²) in [4.78, 5) is 28.4. The zero-order valence-corrected chi connectivity index (χ0v) is 9.38. The molecule has 0 aliphatic heterocycles. The molecule has 0 saturated carbocycles. The summed E-state index contributed by atoms with van der Waals surface area (Å²) in [5.74, 6) is -0.532. The Morgan fingerprint density at radius 2 is 1.79 bits per heavy atom. The maximum absolute atomic E-state index is 11.2. The quantitative estimate of drug-likeness (QED) is 0.663. The van der Waals surface area contributed by atoms with E-state index in [9.17, 15) is 9.59 Å². The molecule has 0 heterocycles. The minimum atomic E-state index is -0.561. The second-order valence-corrected chi connectivity index (χ2v) is 4.25. The van der Waals surface area contributed by atoms with Crippen molar-refractivity contribution in [3.8, 4) is 0 Å². The maximum Gasteiger partial charge on any atom is 0.329 e. The molecule has 0 aliphatic carbocycles. The lowest BCUT2D eigenvalue weighted by Gasteiger charge is -2.16. The van der Waals surface area contributed by atoms with Crippen LogP contribution in [0.25, 0.3) is 0 Å². The summed E-state index contributed by atoms with van der Waals surface area (Å²) in [7, 11) is 3.27. The van der Waals surface area contributed by atoms with Crippen LogP contribution in [0.3, 0.4) is 0 Å². The first-order valence-electron chi connectivity index (χ1n) is 4.39. The molecular weight excluding hydrogens is 184 g/mol. The van der Waals surface area contributed by atoms with Gasteiger partial charge in [0, 0.05) is 14.1 Å². The number of amides is 1. The third kappa shape index (κ3) is 4.81. The van der Waals surface area contributed by atoms with Crippen molar-refractivity contribution in [3.63, 3.8) is 0 Å². The lowest BCUT2D eigenvalue weighted by atomic mass is 9.98. The highest BCUT2D eigenvalue weighted by Gasteiger charge is 2.23. The molecule has 5 heteroatoms. The number of rotatable bonds is 3. The molecular formula is C9H18N2O3. The fourth-order valence-corrected chi connectivity index (χ4v) is 0.475. The molecule has 0 fully saturated rings. The Balaban J connectivity index is 3.76. The highest BCUT2D eigenvalue weighted by molar-refractivity contribution is 5.78.